The van der Waals surface area contributed by atoms with E-state index in [0.717, 1.165) is 25.7 Å². The molecule has 30 heavy (non-hydrogen) atoms. The van der Waals surface area contributed by atoms with Crippen LogP contribution in [0.5, 0.6) is 0 Å². The second-order valence-electron chi connectivity index (χ2n) is 9.31. The van der Waals surface area contributed by atoms with Gasteiger partial charge in [-0.2, -0.15) is 0 Å². The van der Waals surface area contributed by atoms with Crippen LogP contribution in [0, 0.1) is 11.8 Å². The molecule has 176 valence electrons. The SMILES string of the molecule is CCCCCCCCCCCCCCCC(=O)C(C)[C@@H](CCC)C(=O)CCC(C)=O. The van der Waals surface area contributed by atoms with Gasteiger partial charge in [-0.05, 0) is 19.8 Å². The van der Waals surface area contributed by atoms with E-state index in [4.69, 9.17) is 0 Å². The van der Waals surface area contributed by atoms with Gasteiger partial charge in [-0.3, -0.25) is 9.59 Å². The van der Waals surface area contributed by atoms with Crippen molar-refractivity contribution in [3.05, 3.63) is 0 Å². The zero-order chi connectivity index (χ0) is 22.6. The summed E-state index contributed by atoms with van der Waals surface area (Å²) in [7, 11) is 0. The standard InChI is InChI=1S/C27H50O3/c1-5-7-8-9-10-11-12-13-14-15-16-17-18-20-26(29)24(4)25(19-6-2)27(30)22-21-23(3)28/h24-25H,5-22H2,1-4H3/t24?,25-/m1/s1. The van der Waals surface area contributed by atoms with Crippen molar-refractivity contribution in [2.45, 2.75) is 143 Å². The molecule has 3 nitrogen and oxygen atoms in total. The molecule has 0 N–H and O–H groups in total. The Morgan fingerprint density at radius 2 is 1.03 bits per heavy atom. The third-order valence-electron chi connectivity index (χ3n) is 6.37. The van der Waals surface area contributed by atoms with Gasteiger partial charge in [0.25, 0.3) is 0 Å². The molecule has 0 heterocycles. The first kappa shape index (κ1) is 29.0. The topological polar surface area (TPSA) is 51.2 Å². The van der Waals surface area contributed by atoms with Crippen molar-refractivity contribution in [2.24, 2.45) is 11.8 Å². The summed E-state index contributed by atoms with van der Waals surface area (Å²) in [6.07, 6.45) is 19.7. The highest BCUT2D eigenvalue weighted by molar-refractivity contribution is 5.91. The molecular weight excluding hydrogens is 372 g/mol. The smallest absolute Gasteiger partial charge is 0.137 e. The van der Waals surface area contributed by atoms with Crippen molar-refractivity contribution in [3.63, 3.8) is 0 Å². The molecule has 0 bridgehead atoms. The number of Topliss-reactive ketones (excluding diaryl/α,β-unsaturated/α-hetero) is 3. The normalized spacial score (nSPS) is 13.2. The van der Waals surface area contributed by atoms with Crippen LogP contribution in [-0.2, 0) is 14.4 Å². The number of hydrogen-bond acceptors (Lipinski definition) is 3. The monoisotopic (exact) mass is 422 g/mol. The molecule has 0 spiro atoms. The molecule has 0 fully saturated rings. The molecule has 0 aliphatic rings. The molecule has 0 rings (SSSR count). The van der Waals surface area contributed by atoms with Crippen molar-refractivity contribution in [3.8, 4) is 0 Å². The summed E-state index contributed by atoms with van der Waals surface area (Å²) in [5.74, 6) is -0.0407. The number of unbranched alkanes of at least 4 members (excludes halogenated alkanes) is 12. The van der Waals surface area contributed by atoms with Crippen LogP contribution in [0.3, 0.4) is 0 Å². The Balaban J connectivity index is 3.84. The van der Waals surface area contributed by atoms with Gasteiger partial charge >= 0.3 is 0 Å². The Morgan fingerprint density at radius 3 is 1.47 bits per heavy atom. The van der Waals surface area contributed by atoms with E-state index >= 15 is 0 Å². The highest BCUT2D eigenvalue weighted by Gasteiger charge is 2.28. The van der Waals surface area contributed by atoms with E-state index in [1.807, 2.05) is 6.92 Å². The quantitative estimate of drug-likeness (QED) is 0.166. The maximum Gasteiger partial charge on any atom is 0.137 e. The number of carbonyl (C=O) groups is 3. The second kappa shape index (κ2) is 19.9. The fourth-order valence-electron chi connectivity index (χ4n) is 4.25. The Hall–Kier alpha value is -0.990. The maximum absolute atomic E-state index is 12.6. The number of ketones is 3. The molecule has 2 atom stereocenters. The fraction of sp³-hybridized carbons (Fsp3) is 0.889. The summed E-state index contributed by atoms with van der Waals surface area (Å²) in [5, 5.41) is 0. The van der Waals surface area contributed by atoms with Crippen LogP contribution in [0.4, 0.5) is 0 Å². The van der Waals surface area contributed by atoms with E-state index in [-0.39, 0.29) is 35.6 Å². The van der Waals surface area contributed by atoms with Gasteiger partial charge in [0.15, 0.2) is 0 Å². The second-order valence-corrected chi connectivity index (χ2v) is 9.31. The first-order valence-electron chi connectivity index (χ1n) is 13.0. The molecule has 0 saturated heterocycles. The average Bonchev–Trinajstić information content (AvgIpc) is 2.72. The van der Waals surface area contributed by atoms with Gasteiger partial charge < -0.3 is 4.79 Å². The van der Waals surface area contributed by atoms with Gasteiger partial charge in [-0.15, -0.1) is 0 Å². The van der Waals surface area contributed by atoms with Gasteiger partial charge in [0.1, 0.15) is 17.3 Å². The molecule has 0 aliphatic carbocycles. The van der Waals surface area contributed by atoms with Gasteiger partial charge in [-0.25, -0.2) is 0 Å². The Bertz CT molecular complexity index is 455. The van der Waals surface area contributed by atoms with E-state index < -0.39 is 0 Å². The Labute approximate surface area is 187 Å². The molecule has 3 heteroatoms. The lowest BCUT2D eigenvalue weighted by atomic mass is 9.81. The van der Waals surface area contributed by atoms with Crippen LogP contribution in [-0.4, -0.2) is 17.3 Å². The van der Waals surface area contributed by atoms with E-state index in [9.17, 15) is 14.4 Å². The molecule has 1 unspecified atom stereocenters. The van der Waals surface area contributed by atoms with Crippen molar-refractivity contribution < 1.29 is 14.4 Å². The summed E-state index contributed by atoms with van der Waals surface area (Å²) in [5.41, 5.74) is 0. The molecule has 0 saturated carbocycles. The third kappa shape index (κ3) is 15.8. The van der Waals surface area contributed by atoms with Crippen LogP contribution < -0.4 is 0 Å². The third-order valence-corrected chi connectivity index (χ3v) is 6.37. The van der Waals surface area contributed by atoms with Crippen molar-refractivity contribution >= 4 is 17.3 Å². The molecule has 0 aromatic rings. The molecule has 0 aromatic heterocycles. The van der Waals surface area contributed by atoms with Gasteiger partial charge in [0, 0.05) is 31.1 Å². The van der Waals surface area contributed by atoms with Crippen molar-refractivity contribution in [2.75, 3.05) is 0 Å². The zero-order valence-corrected chi connectivity index (χ0v) is 20.6. The molecular formula is C27H50O3. The van der Waals surface area contributed by atoms with Crippen LogP contribution in [0.2, 0.25) is 0 Å². The van der Waals surface area contributed by atoms with E-state index in [2.05, 4.69) is 13.8 Å². The summed E-state index contributed by atoms with van der Waals surface area (Å²) >= 11 is 0. The summed E-state index contributed by atoms with van der Waals surface area (Å²) in [4.78, 5) is 36.2. The largest absolute Gasteiger partial charge is 0.300 e. The minimum atomic E-state index is -0.207. The predicted molar refractivity (Wildman–Crippen MR) is 128 cm³/mol. The van der Waals surface area contributed by atoms with Gasteiger partial charge in [0.05, 0.1) is 0 Å². The van der Waals surface area contributed by atoms with Gasteiger partial charge in [0.2, 0.25) is 0 Å². The first-order chi connectivity index (χ1) is 14.4. The van der Waals surface area contributed by atoms with Gasteiger partial charge in [-0.1, -0.05) is 104 Å². The first-order valence-corrected chi connectivity index (χ1v) is 13.0. The Morgan fingerprint density at radius 1 is 0.567 bits per heavy atom. The van der Waals surface area contributed by atoms with E-state index in [1.54, 1.807) is 0 Å². The highest BCUT2D eigenvalue weighted by Crippen LogP contribution is 2.24. The lowest BCUT2D eigenvalue weighted by Gasteiger charge is -2.21. The molecule has 0 amide bonds. The van der Waals surface area contributed by atoms with Crippen molar-refractivity contribution in [1.82, 2.24) is 0 Å². The summed E-state index contributed by atoms with van der Waals surface area (Å²) < 4.78 is 0. The summed E-state index contributed by atoms with van der Waals surface area (Å²) in [6, 6.07) is 0. The number of hydrogen-bond donors (Lipinski definition) is 0. The lowest BCUT2D eigenvalue weighted by molar-refractivity contribution is -0.133. The Kier molecular flexibility index (Phi) is 19.3. The minimum absolute atomic E-state index is 0.0459. The van der Waals surface area contributed by atoms with E-state index in [1.165, 1.54) is 77.6 Å². The fourth-order valence-corrected chi connectivity index (χ4v) is 4.25. The highest BCUT2D eigenvalue weighted by atomic mass is 16.1. The average molecular weight is 423 g/mol. The molecule has 0 aromatic carbocycles. The zero-order valence-electron chi connectivity index (χ0n) is 20.6. The predicted octanol–water partition coefficient (Wildman–Crippen LogP) is 8.03. The molecule has 0 radical (unpaired) electrons. The summed E-state index contributed by atoms with van der Waals surface area (Å²) in [6.45, 7) is 7.75. The van der Waals surface area contributed by atoms with Crippen LogP contribution in [0.15, 0.2) is 0 Å². The van der Waals surface area contributed by atoms with Crippen molar-refractivity contribution in [1.29, 1.82) is 0 Å². The number of carbonyl (C=O) groups excluding carboxylic acids is 3. The minimum Gasteiger partial charge on any atom is -0.300 e. The van der Waals surface area contributed by atoms with E-state index in [0.29, 0.717) is 12.8 Å². The van der Waals surface area contributed by atoms with Crippen LogP contribution in [0.1, 0.15) is 143 Å². The lowest BCUT2D eigenvalue weighted by Crippen LogP contribution is -2.28. The van der Waals surface area contributed by atoms with Crippen LogP contribution in [0.25, 0.3) is 0 Å². The van der Waals surface area contributed by atoms with Crippen LogP contribution >= 0.6 is 0 Å². The number of rotatable bonds is 22. The molecule has 0 aliphatic heterocycles. The maximum atomic E-state index is 12.6.